The normalized spacial score (nSPS) is 18.1. The Kier molecular flexibility index (Phi) is 6.86. The van der Waals surface area contributed by atoms with Gasteiger partial charge in [0.2, 0.25) is 9.84 Å². The second-order valence-electron chi connectivity index (χ2n) is 6.67. The number of thiol groups is 1. The minimum atomic E-state index is -3.67. The minimum Gasteiger partial charge on any atom is -0.218 e. The van der Waals surface area contributed by atoms with Crippen LogP contribution in [0.5, 0.6) is 0 Å². The van der Waals surface area contributed by atoms with Crippen LogP contribution in [0.1, 0.15) is 11.1 Å². The van der Waals surface area contributed by atoms with Crippen LogP contribution in [0.15, 0.2) is 113 Å². The van der Waals surface area contributed by atoms with E-state index in [2.05, 4.69) is 67.4 Å². The Labute approximate surface area is 205 Å². The van der Waals surface area contributed by atoms with Crippen molar-refractivity contribution in [2.45, 2.75) is 4.90 Å². The quantitative estimate of drug-likeness (QED) is 0.230. The monoisotopic (exact) mass is 656 g/mol. The molecule has 0 aliphatic carbocycles. The third kappa shape index (κ3) is 4.76. The molecule has 1 aliphatic heterocycles. The van der Waals surface area contributed by atoms with Crippen LogP contribution in [-0.4, -0.2) is 8.42 Å². The topological polar surface area (TPSA) is 34.1 Å². The zero-order valence-corrected chi connectivity index (χ0v) is 21.8. The fourth-order valence-electron chi connectivity index (χ4n) is 3.16. The van der Waals surface area contributed by atoms with Crippen molar-refractivity contribution >= 4 is 71.5 Å². The van der Waals surface area contributed by atoms with E-state index in [0.29, 0.717) is 15.4 Å². The summed E-state index contributed by atoms with van der Waals surface area (Å²) in [6, 6.07) is 26.6. The van der Waals surface area contributed by atoms with Crippen molar-refractivity contribution in [3.05, 3.63) is 123 Å². The molecule has 152 valence electrons. The summed E-state index contributed by atoms with van der Waals surface area (Å²) in [7, 11) is -4.17. The van der Waals surface area contributed by atoms with E-state index in [1.165, 1.54) is 10.5 Å². The molecular formula is C24H18I2O2S2. The summed E-state index contributed by atoms with van der Waals surface area (Å²) >= 11 is 4.63. The highest BCUT2D eigenvalue weighted by molar-refractivity contribution is 14.2. The molecular weight excluding hydrogens is 638 g/mol. The van der Waals surface area contributed by atoms with Gasteiger partial charge >= 0.3 is 0 Å². The number of allylic oxidation sites excluding steroid dienone is 3. The van der Waals surface area contributed by atoms with E-state index in [1.807, 2.05) is 66.7 Å². The smallest absolute Gasteiger partial charge is 0.207 e. The fraction of sp³-hybridized carbons (Fsp3) is 0. The van der Waals surface area contributed by atoms with Gasteiger partial charge in [0.1, 0.15) is 0 Å². The Morgan fingerprint density at radius 1 is 0.833 bits per heavy atom. The molecule has 0 radical (unpaired) electrons. The van der Waals surface area contributed by atoms with E-state index >= 15 is 0 Å². The number of hydrogen-bond acceptors (Lipinski definition) is 2. The lowest BCUT2D eigenvalue weighted by atomic mass is 10.1. The molecule has 2 nitrogen and oxygen atoms in total. The summed E-state index contributed by atoms with van der Waals surface area (Å²) in [4.78, 5) is 1.87. The van der Waals surface area contributed by atoms with E-state index in [1.54, 1.807) is 12.1 Å². The first kappa shape index (κ1) is 21.9. The zero-order chi connectivity index (χ0) is 21.1. The van der Waals surface area contributed by atoms with Gasteiger partial charge in [-0.15, -0.1) is 0 Å². The Balaban J connectivity index is 1.82. The number of hydrogen-bond donors (Lipinski definition) is 1. The van der Waals surface area contributed by atoms with E-state index in [9.17, 15) is 8.42 Å². The standard InChI is InChI=1S/C24H18I2O2S2/c25-21-11-13-22(14-12-21)30(27,28)24(20-9-5-2-6-10-20)16-18-15-23(29(26)17-18)19-7-3-1-4-8-19/h1-17,29H/b24-16+. The highest BCUT2D eigenvalue weighted by Crippen LogP contribution is 2.55. The van der Waals surface area contributed by atoms with E-state index < -0.39 is 17.9 Å². The highest BCUT2D eigenvalue weighted by atomic mass is 127. The molecule has 0 bridgehead atoms. The van der Waals surface area contributed by atoms with Crippen LogP contribution in [0.25, 0.3) is 9.81 Å². The molecule has 1 aliphatic rings. The molecule has 0 aromatic heterocycles. The third-order valence-corrected chi connectivity index (χ3v) is 10.9. The van der Waals surface area contributed by atoms with Crippen LogP contribution < -0.4 is 0 Å². The lowest BCUT2D eigenvalue weighted by molar-refractivity contribution is 0.606. The molecule has 4 rings (SSSR count). The van der Waals surface area contributed by atoms with Crippen LogP contribution in [0.3, 0.4) is 0 Å². The van der Waals surface area contributed by atoms with Crippen molar-refractivity contribution < 1.29 is 8.42 Å². The molecule has 3 aromatic rings. The lowest BCUT2D eigenvalue weighted by Crippen LogP contribution is -2.05. The van der Waals surface area contributed by atoms with Gasteiger partial charge in [-0.25, -0.2) is 8.42 Å². The highest BCUT2D eigenvalue weighted by Gasteiger charge is 2.24. The van der Waals surface area contributed by atoms with Gasteiger partial charge in [0.25, 0.3) is 0 Å². The SMILES string of the molecule is O=S(=O)(/C(=C/C1=C[SH](I)C(c2ccccc2)=C1)c1ccccc1)c1ccc(I)cc1. The zero-order valence-electron chi connectivity index (χ0n) is 15.7. The third-order valence-electron chi connectivity index (χ3n) is 4.64. The molecule has 3 aromatic carbocycles. The average molecular weight is 656 g/mol. The first-order chi connectivity index (χ1) is 14.4. The minimum absolute atomic E-state index is 0.306. The van der Waals surface area contributed by atoms with Gasteiger partial charge < -0.3 is 0 Å². The molecule has 0 amide bonds. The van der Waals surface area contributed by atoms with Crippen LogP contribution >= 0.6 is 51.9 Å². The molecule has 0 spiro atoms. The predicted molar refractivity (Wildman–Crippen MR) is 146 cm³/mol. The maximum absolute atomic E-state index is 13.5. The van der Waals surface area contributed by atoms with Crippen LogP contribution in [0.4, 0.5) is 0 Å². The van der Waals surface area contributed by atoms with Gasteiger partial charge in [0.05, 0.1) is 9.80 Å². The lowest BCUT2D eigenvalue weighted by Gasteiger charge is -2.10. The van der Waals surface area contributed by atoms with E-state index in [0.717, 1.165) is 9.14 Å². The Hall–Kier alpha value is -1.36. The number of sulfone groups is 1. The molecule has 6 heteroatoms. The van der Waals surface area contributed by atoms with Crippen LogP contribution in [-0.2, 0) is 9.84 Å². The van der Waals surface area contributed by atoms with Crippen LogP contribution in [0.2, 0.25) is 0 Å². The molecule has 30 heavy (non-hydrogen) atoms. The summed E-state index contributed by atoms with van der Waals surface area (Å²) in [6.07, 6.45) is 3.92. The van der Waals surface area contributed by atoms with Gasteiger partial charge in [0, 0.05) is 8.48 Å². The summed E-state index contributed by atoms with van der Waals surface area (Å²) < 4.78 is 28.1. The van der Waals surface area contributed by atoms with Crippen molar-refractivity contribution in [2.75, 3.05) is 0 Å². The second kappa shape index (κ2) is 9.42. The van der Waals surface area contributed by atoms with E-state index in [4.69, 9.17) is 0 Å². The first-order valence-corrected chi connectivity index (χ1v) is 15.9. The second-order valence-corrected chi connectivity index (χ2v) is 14.3. The number of rotatable bonds is 5. The predicted octanol–water partition coefficient (Wildman–Crippen LogP) is 7.40. The van der Waals surface area contributed by atoms with Crippen molar-refractivity contribution in [3.63, 3.8) is 0 Å². The molecule has 1 unspecified atom stereocenters. The summed E-state index contributed by atoms with van der Waals surface area (Å²) in [5, 5.41) is 2.17. The maximum Gasteiger partial charge on any atom is 0.207 e. The van der Waals surface area contributed by atoms with Gasteiger partial charge in [0.15, 0.2) is 0 Å². The average Bonchev–Trinajstić information content (AvgIpc) is 3.14. The molecule has 0 fully saturated rings. The van der Waals surface area contributed by atoms with Crippen molar-refractivity contribution in [1.82, 2.24) is 0 Å². The maximum atomic E-state index is 13.5. The molecule has 0 saturated carbocycles. The summed E-state index contributed by atoms with van der Waals surface area (Å²) in [5.74, 6) is 0. The van der Waals surface area contributed by atoms with Crippen molar-refractivity contribution in [1.29, 1.82) is 0 Å². The van der Waals surface area contributed by atoms with Gasteiger partial charge in [-0.2, -0.15) is 8.07 Å². The van der Waals surface area contributed by atoms with Gasteiger partial charge in [-0.1, -0.05) is 60.7 Å². The molecule has 0 N–H and O–H groups in total. The number of halogens is 2. The fourth-order valence-corrected chi connectivity index (χ4v) is 8.44. The van der Waals surface area contributed by atoms with Crippen molar-refractivity contribution in [3.8, 4) is 0 Å². The number of benzene rings is 3. The largest absolute Gasteiger partial charge is 0.218 e. The van der Waals surface area contributed by atoms with Gasteiger partial charge in [-0.05, 0) is 102 Å². The summed E-state index contributed by atoms with van der Waals surface area (Å²) in [5.41, 5.74) is 2.80. The summed E-state index contributed by atoms with van der Waals surface area (Å²) in [6.45, 7) is 0. The van der Waals surface area contributed by atoms with Crippen LogP contribution in [0, 0.1) is 3.57 Å². The van der Waals surface area contributed by atoms with E-state index in [-0.39, 0.29) is 0 Å². The molecule has 1 heterocycles. The Morgan fingerprint density at radius 2 is 1.43 bits per heavy atom. The first-order valence-electron chi connectivity index (χ1n) is 9.17. The molecule has 0 saturated heterocycles. The Bertz CT molecular complexity index is 1250. The Morgan fingerprint density at radius 3 is 2.07 bits per heavy atom. The molecule has 1 atom stereocenters. The van der Waals surface area contributed by atoms with Gasteiger partial charge in [-0.3, -0.25) is 0 Å². The van der Waals surface area contributed by atoms with Crippen molar-refractivity contribution in [2.24, 2.45) is 0 Å².